The van der Waals surface area contributed by atoms with Crippen molar-refractivity contribution in [3.05, 3.63) is 30.7 Å². The topological polar surface area (TPSA) is 86.7 Å². The van der Waals surface area contributed by atoms with E-state index in [9.17, 15) is 4.79 Å². The number of nitrogens with one attached hydrogen (secondary N) is 1. The van der Waals surface area contributed by atoms with Crippen molar-refractivity contribution in [1.82, 2.24) is 15.0 Å². The van der Waals surface area contributed by atoms with Gasteiger partial charge in [0.1, 0.15) is 5.82 Å². The van der Waals surface area contributed by atoms with Gasteiger partial charge in [-0.05, 0) is 32.4 Å². The number of hydrogen-bond donors (Lipinski definition) is 1. The van der Waals surface area contributed by atoms with Crippen LogP contribution in [0.1, 0.15) is 20.3 Å². The molecule has 0 saturated carbocycles. The van der Waals surface area contributed by atoms with E-state index in [0.717, 1.165) is 44.1 Å². The van der Waals surface area contributed by atoms with Gasteiger partial charge in [0.15, 0.2) is 11.6 Å². The molecule has 1 N–H and O–H groups in total. The summed E-state index contributed by atoms with van der Waals surface area (Å²) in [4.78, 5) is 32.7. The Balaban J connectivity index is 1.47. The summed E-state index contributed by atoms with van der Waals surface area (Å²) in [6.07, 6.45) is 5.91. The van der Waals surface area contributed by atoms with Crippen LogP contribution in [0.25, 0.3) is 0 Å². The summed E-state index contributed by atoms with van der Waals surface area (Å²) in [5.41, 5.74) is 1.01. The second-order valence-corrected chi connectivity index (χ2v) is 7.95. The monoisotopic (exact) mass is 395 g/mol. The summed E-state index contributed by atoms with van der Waals surface area (Å²) in [7, 11) is 0. The number of ether oxygens (including phenoxy) is 1. The number of amides is 2. The number of urea groups is 1. The van der Waals surface area contributed by atoms with Crippen LogP contribution in [0.15, 0.2) is 30.7 Å². The average Bonchev–Trinajstić information content (AvgIpc) is 3.12. The van der Waals surface area contributed by atoms with Crippen molar-refractivity contribution in [2.75, 3.05) is 46.2 Å². The smallest absolute Gasteiger partial charge is 0.329 e. The molecule has 29 heavy (non-hydrogen) atoms. The van der Waals surface area contributed by atoms with Crippen LogP contribution in [0.2, 0.25) is 0 Å². The molecule has 5 heterocycles. The lowest BCUT2D eigenvalue weighted by Crippen LogP contribution is -2.49. The van der Waals surface area contributed by atoms with Crippen molar-refractivity contribution in [3.8, 4) is 0 Å². The SMILES string of the molecule is C[C@@H]1CN(c2ccc3c(n2)N(C(=O)Nc2cnccn2)[C@H]2CCN3C2)C[C@@H](C)O1. The van der Waals surface area contributed by atoms with E-state index in [4.69, 9.17) is 9.72 Å². The third-order valence-electron chi connectivity index (χ3n) is 5.70. The maximum absolute atomic E-state index is 13.2. The fourth-order valence-corrected chi connectivity index (χ4v) is 4.54. The van der Waals surface area contributed by atoms with E-state index in [2.05, 4.69) is 51.1 Å². The van der Waals surface area contributed by atoms with Crippen molar-refractivity contribution in [3.63, 3.8) is 0 Å². The molecule has 9 heteroatoms. The highest BCUT2D eigenvalue weighted by Gasteiger charge is 2.40. The highest BCUT2D eigenvalue weighted by molar-refractivity contribution is 6.04. The Kier molecular flexibility index (Phi) is 4.46. The Bertz CT molecular complexity index is 899. The van der Waals surface area contributed by atoms with Crippen LogP contribution in [-0.2, 0) is 4.74 Å². The Morgan fingerprint density at radius 1 is 1.14 bits per heavy atom. The largest absolute Gasteiger partial charge is 0.372 e. The zero-order valence-corrected chi connectivity index (χ0v) is 16.7. The number of pyridine rings is 1. The molecule has 9 nitrogen and oxygen atoms in total. The van der Waals surface area contributed by atoms with Gasteiger partial charge in [0.05, 0.1) is 30.1 Å². The molecule has 3 aliphatic heterocycles. The Morgan fingerprint density at radius 2 is 1.97 bits per heavy atom. The second-order valence-electron chi connectivity index (χ2n) is 7.95. The fourth-order valence-electron chi connectivity index (χ4n) is 4.54. The fraction of sp³-hybridized carbons (Fsp3) is 0.500. The maximum Gasteiger partial charge on any atom is 0.329 e. The molecule has 0 unspecified atom stereocenters. The van der Waals surface area contributed by atoms with E-state index >= 15 is 0 Å². The summed E-state index contributed by atoms with van der Waals surface area (Å²) in [6, 6.07) is 4.03. The highest BCUT2D eigenvalue weighted by Crippen LogP contribution is 2.40. The van der Waals surface area contributed by atoms with Gasteiger partial charge in [0, 0.05) is 38.6 Å². The third-order valence-corrected chi connectivity index (χ3v) is 5.70. The molecule has 2 amide bonds. The van der Waals surface area contributed by atoms with Gasteiger partial charge in [-0.15, -0.1) is 0 Å². The van der Waals surface area contributed by atoms with Crippen LogP contribution < -0.4 is 20.0 Å². The first-order valence-corrected chi connectivity index (χ1v) is 10.1. The zero-order chi connectivity index (χ0) is 20.0. The number of fused-ring (bicyclic) bond motifs is 4. The van der Waals surface area contributed by atoms with Gasteiger partial charge in [-0.3, -0.25) is 15.2 Å². The van der Waals surface area contributed by atoms with Crippen LogP contribution in [0.5, 0.6) is 0 Å². The van der Waals surface area contributed by atoms with Crippen LogP contribution in [0, 0.1) is 0 Å². The first-order chi connectivity index (χ1) is 14.1. The number of morpholine rings is 1. The normalized spacial score (nSPS) is 25.7. The summed E-state index contributed by atoms with van der Waals surface area (Å²) in [6.45, 7) is 7.48. The predicted octanol–water partition coefficient (Wildman–Crippen LogP) is 2.12. The van der Waals surface area contributed by atoms with Gasteiger partial charge in [0.2, 0.25) is 0 Å². The molecule has 152 valence electrons. The first-order valence-electron chi connectivity index (χ1n) is 10.1. The lowest BCUT2D eigenvalue weighted by Gasteiger charge is -2.39. The van der Waals surface area contributed by atoms with E-state index in [1.807, 2.05) is 0 Å². The van der Waals surface area contributed by atoms with E-state index < -0.39 is 0 Å². The third kappa shape index (κ3) is 3.35. The number of carbonyl (C=O) groups is 1. The highest BCUT2D eigenvalue weighted by atomic mass is 16.5. The zero-order valence-electron chi connectivity index (χ0n) is 16.7. The molecule has 0 aromatic carbocycles. The lowest BCUT2D eigenvalue weighted by molar-refractivity contribution is -0.00545. The molecule has 0 aliphatic carbocycles. The van der Waals surface area contributed by atoms with Crippen molar-refractivity contribution >= 4 is 29.2 Å². The van der Waals surface area contributed by atoms with Gasteiger partial charge < -0.3 is 14.5 Å². The maximum atomic E-state index is 13.2. The van der Waals surface area contributed by atoms with Crippen LogP contribution in [0.3, 0.4) is 0 Å². The van der Waals surface area contributed by atoms with Gasteiger partial charge in [0.25, 0.3) is 0 Å². The number of nitrogens with zero attached hydrogens (tertiary/aromatic N) is 6. The van der Waals surface area contributed by atoms with E-state index in [1.165, 1.54) is 0 Å². The van der Waals surface area contributed by atoms with E-state index in [0.29, 0.717) is 11.6 Å². The number of hydrogen-bond acceptors (Lipinski definition) is 7. The van der Waals surface area contributed by atoms with Gasteiger partial charge >= 0.3 is 6.03 Å². The first kappa shape index (κ1) is 18.1. The molecule has 3 atom stereocenters. The van der Waals surface area contributed by atoms with Crippen LogP contribution >= 0.6 is 0 Å². The molecule has 0 radical (unpaired) electrons. The summed E-state index contributed by atoms with van der Waals surface area (Å²) >= 11 is 0. The van der Waals surface area contributed by atoms with Crippen molar-refractivity contribution in [2.45, 2.75) is 38.5 Å². The molecule has 2 aromatic rings. The van der Waals surface area contributed by atoms with Crippen molar-refractivity contribution in [2.24, 2.45) is 0 Å². The standard InChI is InChI=1S/C20H25N7O2/c1-13-10-26(11-14(2)29-13)18-4-3-16-19(24-18)27(15-5-8-25(16)12-15)20(28)23-17-9-21-6-7-22-17/h3-4,6-7,9,13-15H,5,8,10-12H2,1-2H3,(H,22,23,28)/t13-,14-,15+/m1/s1. The van der Waals surface area contributed by atoms with Crippen LogP contribution in [0.4, 0.5) is 27.9 Å². The van der Waals surface area contributed by atoms with Crippen molar-refractivity contribution in [1.29, 1.82) is 0 Å². The number of anilines is 4. The minimum atomic E-state index is -0.216. The number of aromatic nitrogens is 3. The minimum Gasteiger partial charge on any atom is -0.372 e. The Hall–Kier alpha value is -2.94. The quantitative estimate of drug-likeness (QED) is 0.833. The van der Waals surface area contributed by atoms with Crippen molar-refractivity contribution < 1.29 is 9.53 Å². The minimum absolute atomic E-state index is 0.101. The molecule has 2 aromatic heterocycles. The molecule has 2 saturated heterocycles. The summed E-state index contributed by atoms with van der Waals surface area (Å²) in [5, 5.41) is 2.87. The lowest BCUT2D eigenvalue weighted by atomic mass is 10.1. The van der Waals surface area contributed by atoms with E-state index in [1.54, 1.807) is 23.5 Å². The van der Waals surface area contributed by atoms with Gasteiger partial charge in [-0.25, -0.2) is 14.8 Å². The molecular weight excluding hydrogens is 370 g/mol. The van der Waals surface area contributed by atoms with Gasteiger partial charge in [-0.2, -0.15) is 0 Å². The van der Waals surface area contributed by atoms with Gasteiger partial charge in [-0.1, -0.05) is 0 Å². The molecular formula is C20H25N7O2. The number of carbonyl (C=O) groups excluding carboxylic acids is 1. The summed E-state index contributed by atoms with van der Waals surface area (Å²) in [5.74, 6) is 2.03. The second kappa shape index (κ2) is 7.14. The molecule has 0 spiro atoms. The number of rotatable bonds is 2. The van der Waals surface area contributed by atoms with Crippen LogP contribution in [-0.4, -0.2) is 65.4 Å². The Morgan fingerprint density at radius 3 is 2.72 bits per heavy atom. The average molecular weight is 395 g/mol. The van der Waals surface area contributed by atoms with E-state index in [-0.39, 0.29) is 24.3 Å². The molecule has 3 aliphatic rings. The molecule has 2 fully saturated rings. The Labute approximate surface area is 169 Å². The predicted molar refractivity (Wildman–Crippen MR) is 111 cm³/mol. The molecule has 2 bridgehead atoms. The summed E-state index contributed by atoms with van der Waals surface area (Å²) < 4.78 is 5.86. The molecule has 5 rings (SSSR count).